The van der Waals surface area contributed by atoms with E-state index in [1.54, 1.807) is 6.20 Å². The van der Waals surface area contributed by atoms with E-state index >= 15 is 0 Å². The van der Waals surface area contributed by atoms with Gasteiger partial charge in [-0.15, -0.1) is 0 Å². The Balaban J connectivity index is 1.45. The van der Waals surface area contributed by atoms with Gasteiger partial charge in [-0.25, -0.2) is 4.98 Å². The van der Waals surface area contributed by atoms with E-state index in [0.717, 1.165) is 44.8 Å². The third-order valence-electron chi connectivity index (χ3n) is 5.55. The van der Waals surface area contributed by atoms with E-state index in [0.29, 0.717) is 11.5 Å². The van der Waals surface area contributed by atoms with E-state index in [-0.39, 0.29) is 11.9 Å². The molecule has 2 aliphatic rings. The molecule has 3 heterocycles. The first-order valence-electron chi connectivity index (χ1n) is 9.53. The van der Waals surface area contributed by atoms with Gasteiger partial charge < -0.3 is 15.5 Å². The number of hydrogen-bond acceptors (Lipinski definition) is 4. The lowest BCUT2D eigenvalue weighted by atomic mass is 9.95. The van der Waals surface area contributed by atoms with Crippen LogP contribution in [-0.2, 0) is 0 Å². The molecule has 0 aliphatic carbocycles. The molecule has 0 bridgehead atoms. The Morgan fingerprint density at radius 3 is 2.46 bits per heavy atom. The molecule has 0 radical (unpaired) electrons. The van der Waals surface area contributed by atoms with Gasteiger partial charge in [0.2, 0.25) is 0 Å². The summed E-state index contributed by atoms with van der Waals surface area (Å²) >= 11 is 0. The highest BCUT2D eigenvalue weighted by atomic mass is 16.2. The number of nitrogens with zero attached hydrogens (tertiary/aromatic N) is 3. The molecule has 4 rings (SSSR count). The number of rotatable bonds is 3. The van der Waals surface area contributed by atoms with Crippen LogP contribution in [0, 0.1) is 0 Å². The molecular weight excluding hydrogens is 324 g/mol. The van der Waals surface area contributed by atoms with Gasteiger partial charge in [0.25, 0.3) is 5.91 Å². The van der Waals surface area contributed by atoms with Crippen LogP contribution in [0.5, 0.6) is 0 Å². The number of aromatic nitrogens is 1. The molecule has 5 nitrogen and oxygen atoms in total. The highest BCUT2D eigenvalue weighted by molar-refractivity contribution is 5.94. The maximum absolute atomic E-state index is 12.6. The summed E-state index contributed by atoms with van der Waals surface area (Å²) in [6.07, 6.45) is 5.14. The molecule has 2 aliphatic heterocycles. The Bertz CT molecular complexity index is 740. The summed E-state index contributed by atoms with van der Waals surface area (Å²) in [5, 5.41) is 0. The molecule has 1 amide bonds. The molecule has 2 atom stereocenters. The van der Waals surface area contributed by atoms with Crippen molar-refractivity contribution in [3.05, 3.63) is 59.8 Å². The monoisotopic (exact) mass is 350 g/mol. The number of piperidine rings is 1. The van der Waals surface area contributed by atoms with Gasteiger partial charge in [0.15, 0.2) is 0 Å². The number of hydrogen-bond donors (Lipinski definition) is 1. The highest BCUT2D eigenvalue weighted by Crippen LogP contribution is 2.29. The van der Waals surface area contributed by atoms with Crippen molar-refractivity contribution in [3.8, 4) is 0 Å². The van der Waals surface area contributed by atoms with Gasteiger partial charge in [-0.1, -0.05) is 30.3 Å². The molecular formula is C21H26N4O. The Kier molecular flexibility index (Phi) is 4.89. The number of amides is 1. The molecule has 0 spiro atoms. The fourth-order valence-electron chi connectivity index (χ4n) is 4.05. The zero-order valence-electron chi connectivity index (χ0n) is 15.1. The molecule has 1 aromatic heterocycles. The minimum atomic E-state index is 0.0915. The smallest absolute Gasteiger partial charge is 0.255 e. The predicted molar refractivity (Wildman–Crippen MR) is 103 cm³/mol. The summed E-state index contributed by atoms with van der Waals surface area (Å²) in [5.41, 5.74) is 8.34. The molecule has 0 unspecified atom stereocenters. The quantitative estimate of drug-likeness (QED) is 0.924. The molecule has 26 heavy (non-hydrogen) atoms. The maximum Gasteiger partial charge on any atom is 0.255 e. The SMILES string of the molecule is N[C@H]1CN(c2ccc(C(=O)N3CCCCC3)cn2)C[C@@H]1c1ccccc1. The Labute approximate surface area is 154 Å². The second-order valence-corrected chi connectivity index (χ2v) is 7.34. The molecule has 1 aromatic carbocycles. The number of nitrogens with two attached hydrogens (primary N) is 1. The molecule has 2 aromatic rings. The van der Waals surface area contributed by atoms with Crippen LogP contribution >= 0.6 is 0 Å². The van der Waals surface area contributed by atoms with Crippen LogP contribution in [0.2, 0.25) is 0 Å². The lowest BCUT2D eigenvalue weighted by Gasteiger charge is -2.26. The summed E-state index contributed by atoms with van der Waals surface area (Å²) in [7, 11) is 0. The standard InChI is InChI=1S/C21H26N4O/c22-19-15-25(14-18(19)16-7-3-1-4-8-16)20-10-9-17(13-23-20)21(26)24-11-5-2-6-12-24/h1,3-4,7-10,13,18-19H,2,5-6,11-12,14-15,22H2/t18-,19+/m1/s1. The van der Waals surface area contributed by atoms with Crippen molar-refractivity contribution in [2.45, 2.75) is 31.2 Å². The summed E-state index contributed by atoms with van der Waals surface area (Å²) in [4.78, 5) is 21.3. The Morgan fingerprint density at radius 1 is 1.00 bits per heavy atom. The second kappa shape index (κ2) is 7.46. The van der Waals surface area contributed by atoms with Crippen molar-refractivity contribution in [3.63, 3.8) is 0 Å². The largest absolute Gasteiger partial charge is 0.354 e. The number of anilines is 1. The van der Waals surface area contributed by atoms with E-state index in [1.165, 1.54) is 12.0 Å². The average molecular weight is 350 g/mol. The Hall–Kier alpha value is -2.40. The Morgan fingerprint density at radius 2 is 1.77 bits per heavy atom. The van der Waals surface area contributed by atoms with Crippen molar-refractivity contribution in [2.75, 3.05) is 31.1 Å². The maximum atomic E-state index is 12.6. The van der Waals surface area contributed by atoms with E-state index in [1.807, 2.05) is 23.1 Å². The van der Waals surface area contributed by atoms with Crippen LogP contribution < -0.4 is 10.6 Å². The molecule has 136 valence electrons. The van der Waals surface area contributed by atoms with Gasteiger partial charge in [-0.3, -0.25) is 4.79 Å². The summed E-state index contributed by atoms with van der Waals surface area (Å²) in [5.74, 6) is 1.31. The number of carbonyl (C=O) groups excluding carboxylic acids is 1. The first-order valence-corrected chi connectivity index (χ1v) is 9.53. The van der Waals surface area contributed by atoms with Gasteiger partial charge in [0, 0.05) is 44.3 Å². The minimum absolute atomic E-state index is 0.0915. The number of benzene rings is 1. The fourth-order valence-corrected chi connectivity index (χ4v) is 4.05. The van der Waals surface area contributed by atoms with Crippen molar-refractivity contribution in [2.24, 2.45) is 5.73 Å². The van der Waals surface area contributed by atoms with Crippen LogP contribution in [0.4, 0.5) is 5.82 Å². The lowest BCUT2D eigenvalue weighted by Crippen LogP contribution is -2.35. The van der Waals surface area contributed by atoms with Crippen LogP contribution in [-0.4, -0.2) is 48.0 Å². The zero-order valence-corrected chi connectivity index (χ0v) is 15.1. The van der Waals surface area contributed by atoms with Crippen molar-refractivity contribution >= 4 is 11.7 Å². The molecule has 2 saturated heterocycles. The summed E-state index contributed by atoms with van der Waals surface area (Å²) in [6, 6.07) is 14.4. The average Bonchev–Trinajstić information content (AvgIpc) is 3.10. The van der Waals surface area contributed by atoms with Gasteiger partial charge in [-0.2, -0.15) is 0 Å². The first-order chi connectivity index (χ1) is 12.7. The van der Waals surface area contributed by atoms with Gasteiger partial charge in [0.05, 0.1) is 5.56 Å². The topological polar surface area (TPSA) is 62.5 Å². The van der Waals surface area contributed by atoms with E-state index in [2.05, 4.69) is 34.1 Å². The summed E-state index contributed by atoms with van der Waals surface area (Å²) in [6.45, 7) is 3.37. The van der Waals surface area contributed by atoms with Gasteiger partial charge in [0.1, 0.15) is 5.82 Å². The molecule has 2 fully saturated rings. The normalized spacial score (nSPS) is 23.3. The molecule has 0 saturated carbocycles. The number of pyridine rings is 1. The second-order valence-electron chi connectivity index (χ2n) is 7.34. The lowest BCUT2D eigenvalue weighted by molar-refractivity contribution is 0.0724. The van der Waals surface area contributed by atoms with Crippen LogP contribution in [0.25, 0.3) is 0 Å². The van der Waals surface area contributed by atoms with E-state index in [9.17, 15) is 4.79 Å². The number of carbonyl (C=O) groups is 1. The van der Waals surface area contributed by atoms with Crippen LogP contribution in [0.1, 0.15) is 41.1 Å². The number of likely N-dealkylation sites (tertiary alicyclic amines) is 1. The zero-order chi connectivity index (χ0) is 17.9. The third kappa shape index (κ3) is 3.44. The highest BCUT2D eigenvalue weighted by Gasteiger charge is 2.32. The third-order valence-corrected chi connectivity index (χ3v) is 5.55. The van der Waals surface area contributed by atoms with Gasteiger partial charge in [-0.05, 0) is 37.0 Å². The summed E-state index contributed by atoms with van der Waals surface area (Å²) < 4.78 is 0. The molecule has 2 N–H and O–H groups in total. The fraction of sp³-hybridized carbons (Fsp3) is 0.429. The van der Waals surface area contributed by atoms with Gasteiger partial charge >= 0.3 is 0 Å². The predicted octanol–water partition coefficient (Wildman–Crippen LogP) is 2.64. The minimum Gasteiger partial charge on any atom is -0.354 e. The van der Waals surface area contributed by atoms with E-state index < -0.39 is 0 Å². The van der Waals surface area contributed by atoms with Crippen molar-refractivity contribution in [1.82, 2.24) is 9.88 Å². The van der Waals surface area contributed by atoms with Crippen LogP contribution in [0.3, 0.4) is 0 Å². The first kappa shape index (κ1) is 17.0. The van der Waals surface area contributed by atoms with Crippen molar-refractivity contribution in [1.29, 1.82) is 0 Å². The van der Waals surface area contributed by atoms with Crippen molar-refractivity contribution < 1.29 is 4.79 Å². The van der Waals surface area contributed by atoms with E-state index in [4.69, 9.17) is 5.73 Å². The van der Waals surface area contributed by atoms with Crippen LogP contribution in [0.15, 0.2) is 48.7 Å². The molecule has 5 heteroatoms.